The van der Waals surface area contributed by atoms with E-state index in [9.17, 15) is 4.79 Å². The molecule has 0 bridgehead atoms. The third-order valence-corrected chi connectivity index (χ3v) is 3.61. The Morgan fingerprint density at radius 3 is 2.57 bits per heavy atom. The van der Waals surface area contributed by atoms with E-state index in [1.165, 1.54) is 6.21 Å². The van der Waals surface area contributed by atoms with Gasteiger partial charge in [-0.3, -0.25) is 4.79 Å². The van der Waals surface area contributed by atoms with Gasteiger partial charge in [-0.1, -0.05) is 42.5 Å². The molecule has 0 heterocycles. The highest BCUT2D eigenvalue weighted by Crippen LogP contribution is 2.21. The van der Waals surface area contributed by atoms with Crippen molar-refractivity contribution in [2.24, 2.45) is 5.10 Å². The Bertz CT molecular complexity index is 1010. The van der Waals surface area contributed by atoms with Crippen molar-refractivity contribution in [1.29, 1.82) is 5.26 Å². The van der Waals surface area contributed by atoms with Crippen LogP contribution in [0.15, 0.2) is 84.0 Å². The van der Waals surface area contributed by atoms with E-state index >= 15 is 0 Å². The molecule has 3 aromatic carbocycles. The Hall–Kier alpha value is -4.11. The fourth-order valence-corrected chi connectivity index (χ4v) is 2.32. The smallest absolute Gasteiger partial charge is 0.277 e. The average Bonchev–Trinajstić information content (AvgIpc) is 2.73. The van der Waals surface area contributed by atoms with E-state index in [2.05, 4.69) is 10.5 Å². The van der Waals surface area contributed by atoms with Gasteiger partial charge in [0.1, 0.15) is 23.3 Å². The number of nitrogens with one attached hydrogen (secondary N) is 1. The van der Waals surface area contributed by atoms with Crippen LogP contribution >= 0.6 is 0 Å². The molecule has 0 saturated carbocycles. The lowest BCUT2D eigenvalue weighted by atomic mass is 10.2. The summed E-state index contributed by atoms with van der Waals surface area (Å²) in [5, 5.41) is 12.9. The Balaban J connectivity index is 1.52. The molecule has 0 atom stereocenters. The zero-order valence-corrected chi connectivity index (χ0v) is 14.9. The van der Waals surface area contributed by atoms with Crippen molar-refractivity contribution in [3.8, 4) is 23.3 Å². The third-order valence-electron chi connectivity index (χ3n) is 3.61. The van der Waals surface area contributed by atoms with Crippen molar-refractivity contribution in [2.75, 3.05) is 6.61 Å². The predicted octanol–water partition coefficient (Wildman–Crippen LogP) is 3.88. The minimum Gasteiger partial charge on any atom is -0.482 e. The molecule has 0 aliphatic carbocycles. The highest BCUT2D eigenvalue weighted by molar-refractivity contribution is 5.83. The van der Waals surface area contributed by atoms with Gasteiger partial charge in [0.2, 0.25) is 0 Å². The van der Waals surface area contributed by atoms with Crippen molar-refractivity contribution < 1.29 is 14.3 Å². The number of benzene rings is 3. The molecule has 6 heteroatoms. The van der Waals surface area contributed by atoms with Crippen molar-refractivity contribution in [1.82, 2.24) is 5.43 Å². The summed E-state index contributed by atoms with van der Waals surface area (Å²) in [7, 11) is 0. The van der Waals surface area contributed by atoms with Gasteiger partial charge in [0.25, 0.3) is 5.91 Å². The van der Waals surface area contributed by atoms with Crippen molar-refractivity contribution in [3.63, 3.8) is 0 Å². The van der Waals surface area contributed by atoms with E-state index in [-0.39, 0.29) is 6.61 Å². The van der Waals surface area contributed by atoms with Gasteiger partial charge < -0.3 is 9.47 Å². The maximum absolute atomic E-state index is 11.9. The number of nitrogens with zero attached hydrogens (tertiary/aromatic N) is 2. The minimum absolute atomic E-state index is 0.243. The number of carbonyl (C=O) groups excluding carboxylic acids is 1. The molecule has 1 N–H and O–H groups in total. The summed E-state index contributed by atoms with van der Waals surface area (Å²) in [5.41, 5.74) is 3.53. The first-order chi connectivity index (χ1) is 13.7. The van der Waals surface area contributed by atoms with Gasteiger partial charge in [0.05, 0.1) is 11.8 Å². The molecular formula is C22H17N3O3. The van der Waals surface area contributed by atoms with E-state index in [1.807, 2.05) is 60.7 Å². The molecule has 0 radical (unpaired) electrons. The minimum atomic E-state index is -0.430. The van der Waals surface area contributed by atoms with Crippen LogP contribution in [0.3, 0.4) is 0 Å². The lowest BCUT2D eigenvalue weighted by Crippen LogP contribution is -2.24. The van der Waals surface area contributed by atoms with E-state index < -0.39 is 5.91 Å². The Morgan fingerprint density at radius 1 is 1.00 bits per heavy atom. The van der Waals surface area contributed by atoms with Gasteiger partial charge in [-0.05, 0) is 42.0 Å². The van der Waals surface area contributed by atoms with Gasteiger partial charge in [0.15, 0.2) is 6.61 Å². The normalized spacial score (nSPS) is 10.2. The number of hydrazone groups is 1. The molecular weight excluding hydrogens is 354 g/mol. The van der Waals surface area contributed by atoms with Crippen LogP contribution in [0.2, 0.25) is 0 Å². The van der Waals surface area contributed by atoms with Crippen LogP contribution in [0, 0.1) is 11.3 Å². The van der Waals surface area contributed by atoms with Gasteiger partial charge in [-0.15, -0.1) is 0 Å². The molecule has 0 spiro atoms. The first-order valence-electron chi connectivity index (χ1n) is 8.51. The number of hydrogen-bond acceptors (Lipinski definition) is 5. The summed E-state index contributed by atoms with van der Waals surface area (Å²) >= 11 is 0. The maximum Gasteiger partial charge on any atom is 0.277 e. The number of carbonyl (C=O) groups is 1. The molecule has 6 nitrogen and oxygen atoms in total. The summed E-state index contributed by atoms with van der Waals surface area (Å²) in [6.45, 7) is -0.243. The fourth-order valence-electron chi connectivity index (χ4n) is 2.32. The lowest BCUT2D eigenvalue weighted by Gasteiger charge is -2.06. The summed E-state index contributed by atoms with van der Waals surface area (Å²) in [5.74, 6) is 1.33. The molecule has 1 amide bonds. The predicted molar refractivity (Wildman–Crippen MR) is 105 cm³/mol. The maximum atomic E-state index is 11.9. The van der Waals surface area contributed by atoms with E-state index in [4.69, 9.17) is 14.7 Å². The van der Waals surface area contributed by atoms with Crippen molar-refractivity contribution in [3.05, 3.63) is 90.0 Å². The first kappa shape index (κ1) is 18.7. The number of ether oxygens (including phenoxy) is 2. The monoisotopic (exact) mass is 371 g/mol. The van der Waals surface area contributed by atoms with E-state index in [0.29, 0.717) is 17.1 Å². The quantitative estimate of drug-likeness (QED) is 0.505. The number of amides is 1. The second-order valence-corrected chi connectivity index (χ2v) is 5.68. The zero-order chi connectivity index (χ0) is 19.6. The number of rotatable bonds is 7. The fraction of sp³-hybridized carbons (Fsp3) is 0.0455. The molecule has 0 saturated heterocycles. The van der Waals surface area contributed by atoms with Gasteiger partial charge in [-0.2, -0.15) is 10.4 Å². The Labute approximate surface area is 162 Å². The number of hydrogen-bond donors (Lipinski definition) is 1. The van der Waals surface area contributed by atoms with Crippen LogP contribution in [0.5, 0.6) is 17.2 Å². The molecule has 0 aliphatic rings. The number of para-hydroxylation sites is 2. The molecule has 0 aliphatic heterocycles. The van der Waals surface area contributed by atoms with Crippen molar-refractivity contribution >= 4 is 12.1 Å². The Kier molecular flexibility index (Phi) is 6.37. The molecule has 138 valence electrons. The van der Waals surface area contributed by atoms with Crippen LogP contribution in [0.4, 0.5) is 0 Å². The average molecular weight is 371 g/mol. The van der Waals surface area contributed by atoms with Crippen LogP contribution in [-0.2, 0) is 4.79 Å². The second kappa shape index (κ2) is 9.55. The summed E-state index contributed by atoms with van der Waals surface area (Å²) in [6.07, 6.45) is 1.51. The standard InChI is InChI=1S/C22H17N3O3/c23-14-18-8-4-5-12-21(18)27-16-22(26)25-24-15-17-7-6-11-20(13-17)28-19-9-2-1-3-10-19/h1-13,15H,16H2,(H,25,26)/b24-15+. The lowest BCUT2D eigenvalue weighted by molar-refractivity contribution is -0.123. The van der Waals surface area contributed by atoms with Crippen LogP contribution in [0.25, 0.3) is 0 Å². The second-order valence-electron chi connectivity index (χ2n) is 5.68. The topological polar surface area (TPSA) is 83.7 Å². The van der Waals surface area contributed by atoms with Gasteiger partial charge in [0, 0.05) is 0 Å². The molecule has 3 aromatic rings. The first-order valence-corrected chi connectivity index (χ1v) is 8.51. The van der Waals surface area contributed by atoms with E-state index in [0.717, 1.165) is 11.3 Å². The largest absolute Gasteiger partial charge is 0.482 e. The highest BCUT2D eigenvalue weighted by atomic mass is 16.5. The van der Waals surface area contributed by atoms with Crippen LogP contribution in [0.1, 0.15) is 11.1 Å². The molecule has 28 heavy (non-hydrogen) atoms. The molecule has 0 aromatic heterocycles. The van der Waals surface area contributed by atoms with Crippen molar-refractivity contribution in [2.45, 2.75) is 0 Å². The van der Waals surface area contributed by atoms with Crippen LogP contribution < -0.4 is 14.9 Å². The third kappa shape index (κ3) is 5.44. The highest BCUT2D eigenvalue weighted by Gasteiger charge is 2.05. The molecule has 0 fully saturated rings. The van der Waals surface area contributed by atoms with Gasteiger partial charge in [-0.25, -0.2) is 5.43 Å². The summed E-state index contributed by atoms with van der Waals surface area (Å²) in [4.78, 5) is 11.9. The molecule has 0 unspecified atom stereocenters. The van der Waals surface area contributed by atoms with E-state index in [1.54, 1.807) is 24.3 Å². The molecule has 3 rings (SSSR count). The SMILES string of the molecule is N#Cc1ccccc1OCC(=O)N/N=C/c1cccc(Oc2ccccc2)c1. The Morgan fingerprint density at radius 2 is 1.75 bits per heavy atom. The van der Waals surface area contributed by atoms with Gasteiger partial charge >= 0.3 is 0 Å². The number of nitriles is 1. The summed E-state index contributed by atoms with van der Waals surface area (Å²) < 4.78 is 11.1. The zero-order valence-electron chi connectivity index (χ0n) is 14.9. The van der Waals surface area contributed by atoms with Crippen LogP contribution in [-0.4, -0.2) is 18.7 Å². The summed E-state index contributed by atoms with van der Waals surface area (Å²) in [6, 6.07) is 25.5.